The van der Waals surface area contributed by atoms with Crippen molar-refractivity contribution in [1.29, 1.82) is 0 Å². The number of nitrogens with zero attached hydrogens (tertiary/aromatic N) is 5. The number of ether oxygens (including phenoxy) is 1. The molecule has 0 bridgehead atoms. The highest BCUT2D eigenvalue weighted by molar-refractivity contribution is 5.86. The molecule has 7 heteroatoms. The van der Waals surface area contributed by atoms with Gasteiger partial charge in [0.25, 0.3) is 0 Å². The van der Waals surface area contributed by atoms with E-state index in [0.29, 0.717) is 6.61 Å². The highest BCUT2D eigenvalue weighted by atomic mass is 16.5. The first-order chi connectivity index (χ1) is 16.3. The van der Waals surface area contributed by atoms with Crippen molar-refractivity contribution in [2.75, 3.05) is 31.1 Å². The summed E-state index contributed by atoms with van der Waals surface area (Å²) in [6, 6.07) is 20.7. The van der Waals surface area contributed by atoms with Gasteiger partial charge >= 0.3 is 0 Å². The summed E-state index contributed by atoms with van der Waals surface area (Å²) in [4.78, 5) is 17.3. The topological polar surface area (TPSA) is 61.7 Å². The van der Waals surface area contributed by atoms with Crippen LogP contribution < -0.4 is 9.64 Å². The summed E-state index contributed by atoms with van der Waals surface area (Å²) in [5.41, 5.74) is 5.48. The predicted molar refractivity (Wildman–Crippen MR) is 130 cm³/mol. The summed E-state index contributed by atoms with van der Waals surface area (Å²) in [6.07, 6.45) is 5.76. The van der Waals surface area contributed by atoms with Gasteiger partial charge in [0.2, 0.25) is 0 Å². The number of nitrogens with one attached hydrogen (secondary N) is 1. The molecular weight excluding hydrogens is 412 g/mol. The molecule has 1 aliphatic rings. The molecule has 166 valence electrons. The molecule has 0 saturated carbocycles. The Morgan fingerprint density at radius 1 is 0.909 bits per heavy atom. The van der Waals surface area contributed by atoms with Crippen molar-refractivity contribution in [3.8, 4) is 5.75 Å². The maximum atomic E-state index is 6.07. The summed E-state index contributed by atoms with van der Waals surface area (Å²) in [7, 11) is 0. The molecule has 0 radical (unpaired) electrons. The lowest BCUT2D eigenvalue weighted by molar-refractivity contribution is 0.247. The summed E-state index contributed by atoms with van der Waals surface area (Å²) in [6.45, 7) is 5.32. The van der Waals surface area contributed by atoms with E-state index in [2.05, 4.69) is 66.8 Å². The monoisotopic (exact) mass is 438 g/mol. The lowest BCUT2D eigenvalue weighted by Gasteiger charge is -2.35. The van der Waals surface area contributed by atoms with Crippen LogP contribution in [0, 0.1) is 0 Å². The zero-order valence-corrected chi connectivity index (χ0v) is 18.4. The van der Waals surface area contributed by atoms with E-state index in [9.17, 15) is 0 Å². The number of hydrogen-bond donors (Lipinski definition) is 1. The Labute approximate surface area is 192 Å². The van der Waals surface area contributed by atoms with Crippen LogP contribution in [0.1, 0.15) is 11.3 Å². The molecule has 0 unspecified atom stereocenters. The Kier molecular flexibility index (Phi) is 5.16. The molecule has 4 heterocycles. The van der Waals surface area contributed by atoms with Gasteiger partial charge in [-0.05, 0) is 29.8 Å². The number of imidazole rings is 1. The van der Waals surface area contributed by atoms with E-state index >= 15 is 0 Å². The Morgan fingerprint density at radius 3 is 2.61 bits per heavy atom. The quantitative estimate of drug-likeness (QED) is 0.432. The zero-order valence-electron chi connectivity index (χ0n) is 18.4. The van der Waals surface area contributed by atoms with Crippen LogP contribution in [0.3, 0.4) is 0 Å². The first-order valence-electron chi connectivity index (χ1n) is 11.4. The van der Waals surface area contributed by atoms with Gasteiger partial charge < -0.3 is 19.0 Å². The van der Waals surface area contributed by atoms with Crippen LogP contribution in [-0.2, 0) is 13.2 Å². The standard InChI is InChI=1S/C26H26N6O/c1-2-5-20(6-3-1)18-33-22-8-9-24-23(15-22)29-26(25-7-4-10-32(24)25)31-13-11-30(12-14-31)17-21-16-27-19-28-21/h1-10,15-16,19H,11-14,17-18H2,(H,27,28). The van der Waals surface area contributed by atoms with E-state index in [1.807, 2.05) is 30.5 Å². The molecular formula is C26H26N6O. The van der Waals surface area contributed by atoms with Crippen LogP contribution in [0.4, 0.5) is 5.82 Å². The van der Waals surface area contributed by atoms with E-state index < -0.39 is 0 Å². The third kappa shape index (κ3) is 4.03. The molecule has 33 heavy (non-hydrogen) atoms. The van der Waals surface area contributed by atoms with E-state index in [4.69, 9.17) is 9.72 Å². The molecule has 2 aromatic carbocycles. The largest absolute Gasteiger partial charge is 0.489 e. The van der Waals surface area contributed by atoms with Gasteiger partial charge in [-0.2, -0.15) is 0 Å². The fourth-order valence-corrected chi connectivity index (χ4v) is 4.53. The van der Waals surface area contributed by atoms with Gasteiger partial charge in [-0.25, -0.2) is 9.97 Å². The Balaban J connectivity index is 1.25. The lowest BCUT2D eigenvalue weighted by atomic mass is 10.2. The molecule has 5 aromatic rings. The lowest BCUT2D eigenvalue weighted by Crippen LogP contribution is -2.46. The average Bonchev–Trinajstić information content (AvgIpc) is 3.56. The van der Waals surface area contributed by atoms with Crippen LogP contribution in [0.2, 0.25) is 0 Å². The van der Waals surface area contributed by atoms with Crippen LogP contribution in [0.5, 0.6) is 5.75 Å². The van der Waals surface area contributed by atoms with Gasteiger partial charge in [0, 0.05) is 56.9 Å². The normalized spacial score (nSPS) is 14.8. The van der Waals surface area contributed by atoms with Gasteiger partial charge in [-0.15, -0.1) is 0 Å². The summed E-state index contributed by atoms with van der Waals surface area (Å²) in [5, 5.41) is 0. The predicted octanol–water partition coefficient (Wildman–Crippen LogP) is 4.11. The molecule has 1 saturated heterocycles. The molecule has 0 spiro atoms. The number of rotatable bonds is 6. The second-order valence-electron chi connectivity index (χ2n) is 8.46. The molecule has 3 aromatic heterocycles. The minimum absolute atomic E-state index is 0.545. The first-order valence-corrected chi connectivity index (χ1v) is 11.4. The second-order valence-corrected chi connectivity index (χ2v) is 8.46. The molecule has 0 aliphatic carbocycles. The third-order valence-electron chi connectivity index (χ3n) is 6.28. The maximum absolute atomic E-state index is 6.07. The van der Waals surface area contributed by atoms with Crippen molar-refractivity contribution < 1.29 is 4.74 Å². The summed E-state index contributed by atoms with van der Waals surface area (Å²) >= 11 is 0. The zero-order chi connectivity index (χ0) is 22.0. The van der Waals surface area contributed by atoms with E-state index in [1.54, 1.807) is 6.33 Å². The van der Waals surface area contributed by atoms with Gasteiger partial charge in [-0.3, -0.25) is 4.90 Å². The number of anilines is 1. The Hall–Kier alpha value is -3.84. The minimum Gasteiger partial charge on any atom is -0.489 e. The number of piperazine rings is 1. The number of benzene rings is 2. The highest BCUT2D eigenvalue weighted by Crippen LogP contribution is 2.28. The molecule has 6 rings (SSSR count). The second kappa shape index (κ2) is 8.60. The number of H-pyrrole nitrogens is 1. The van der Waals surface area contributed by atoms with E-state index in [-0.39, 0.29) is 0 Å². The van der Waals surface area contributed by atoms with Crippen molar-refractivity contribution in [3.63, 3.8) is 0 Å². The summed E-state index contributed by atoms with van der Waals surface area (Å²) < 4.78 is 8.30. The van der Waals surface area contributed by atoms with Crippen molar-refractivity contribution in [3.05, 3.63) is 90.6 Å². The SMILES string of the molecule is c1ccc(COc2ccc3c(c2)nc(N2CCN(Cc4cnc[nH]4)CC2)c2cccn23)cc1. The molecule has 1 N–H and O–H groups in total. The number of hydrogen-bond acceptors (Lipinski definition) is 5. The van der Waals surface area contributed by atoms with E-state index in [1.165, 1.54) is 0 Å². The first kappa shape index (κ1) is 19.8. The minimum atomic E-state index is 0.545. The van der Waals surface area contributed by atoms with Crippen LogP contribution in [-0.4, -0.2) is 50.4 Å². The van der Waals surface area contributed by atoms with Crippen molar-refractivity contribution in [2.45, 2.75) is 13.2 Å². The third-order valence-corrected chi connectivity index (χ3v) is 6.28. The smallest absolute Gasteiger partial charge is 0.153 e. The number of aromatic nitrogens is 4. The van der Waals surface area contributed by atoms with Crippen molar-refractivity contribution in [2.24, 2.45) is 0 Å². The van der Waals surface area contributed by atoms with Crippen molar-refractivity contribution in [1.82, 2.24) is 24.3 Å². The maximum Gasteiger partial charge on any atom is 0.153 e. The molecule has 0 atom stereocenters. The Morgan fingerprint density at radius 2 is 1.79 bits per heavy atom. The molecule has 0 amide bonds. The van der Waals surface area contributed by atoms with Gasteiger partial charge in [-0.1, -0.05) is 30.3 Å². The summed E-state index contributed by atoms with van der Waals surface area (Å²) in [5.74, 6) is 1.87. The molecule has 1 fully saturated rings. The van der Waals surface area contributed by atoms with Gasteiger partial charge in [0.05, 0.1) is 22.9 Å². The number of aromatic amines is 1. The van der Waals surface area contributed by atoms with Gasteiger partial charge in [0.15, 0.2) is 5.82 Å². The van der Waals surface area contributed by atoms with Crippen LogP contribution in [0.25, 0.3) is 16.6 Å². The highest BCUT2D eigenvalue weighted by Gasteiger charge is 2.21. The van der Waals surface area contributed by atoms with Gasteiger partial charge in [0.1, 0.15) is 12.4 Å². The van der Waals surface area contributed by atoms with Crippen molar-refractivity contribution >= 4 is 22.4 Å². The fourth-order valence-electron chi connectivity index (χ4n) is 4.53. The van der Waals surface area contributed by atoms with Crippen LogP contribution in [0.15, 0.2) is 79.4 Å². The van der Waals surface area contributed by atoms with Crippen LogP contribution >= 0.6 is 0 Å². The average molecular weight is 439 g/mol. The fraction of sp³-hybridized carbons (Fsp3) is 0.231. The van der Waals surface area contributed by atoms with E-state index in [0.717, 1.165) is 72.1 Å². The molecule has 1 aliphatic heterocycles. The number of fused-ring (bicyclic) bond motifs is 3. The molecule has 7 nitrogen and oxygen atoms in total. The Bertz CT molecular complexity index is 1350.